The van der Waals surface area contributed by atoms with Gasteiger partial charge in [-0.1, -0.05) is 26.0 Å². The number of halogens is 1. The second-order valence-corrected chi connectivity index (χ2v) is 6.49. The Labute approximate surface area is 159 Å². The number of thiocarbonyl (C=S) groups is 1. The molecule has 0 radical (unpaired) electrons. The zero-order valence-electron chi connectivity index (χ0n) is 15.7. The molecule has 0 saturated heterocycles. The van der Waals surface area contributed by atoms with Crippen molar-refractivity contribution in [2.75, 3.05) is 33.3 Å². The Morgan fingerprint density at radius 2 is 2.08 bits per heavy atom. The van der Waals surface area contributed by atoms with Crippen LogP contribution in [-0.2, 0) is 9.53 Å². The van der Waals surface area contributed by atoms with E-state index in [2.05, 4.69) is 24.1 Å². The molecular weight excluding hydrogens is 353 g/mol. The van der Waals surface area contributed by atoms with Crippen molar-refractivity contribution in [3.05, 3.63) is 46.9 Å². The van der Waals surface area contributed by atoms with Gasteiger partial charge in [0, 0.05) is 18.8 Å². The maximum absolute atomic E-state index is 13.7. The molecule has 2 rings (SSSR count). The lowest BCUT2D eigenvalue weighted by Gasteiger charge is -2.38. The Hall–Kier alpha value is -1.99. The molecule has 1 aromatic rings. The second kappa shape index (κ2) is 9.09. The van der Waals surface area contributed by atoms with Crippen LogP contribution in [0.25, 0.3) is 0 Å². The number of rotatable bonds is 7. The highest BCUT2D eigenvalue weighted by Gasteiger charge is 2.34. The lowest BCUT2D eigenvalue weighted by atomic mass is 9.95. The largest absolute Gasteiger partial charge is 0.466 e. The first-order valence-electron chi connectivity index (χ1n) is 8.77. The van der Waals surface area contributed by atoms with Crippen LogP contribution >= 0.6 is 12.2 Å². The standard InChI is InChI=1S/C19H26FN3O2S/c1-5-22(6-2)10-11-23-13(3)16(18(24)25-4)17(21-19(23)26)14-8-7-9-15(20)12-14/h7-9,12,17H,5-6,10-11H2,1-4H3,(H,21,26)/t17-/m1/s1. The third kappa shape index (κ3) is 4.40. The van der Waals surface area contributed by atoms with Crippen LogP contribution in [0.2, 0.25) is 0 Å². The summed E-state index contributed by atoms with van der Waals surface area (Å²) in [6.07, 6.45) is 0. The van der Waals surface area contributed by atoms with Gasteiger partial charge in [0.1, 0.15) is 5.82 Å². The molecule has 0 saturated carbocycles. The summed E-state index contributed by atoms with van der Waals surface area (Å²) >= 11 is 5.53. The molecule has 0 amide bonds. The average Bonchev–Trinajstić information content (AvgIpc) is 2.63. The van der Waals surface area contributed by atoms with Crippen molar-refractivity contribution >= 4 is 23.3 Å². The van der Waals surface area contributed by atoms with E-state index in [0.29, 0.717) is 22.8 Å². The van der Waals surface area contributed by atoms with Crippen LogP contribution in [0.3, 0.4) is 0 Å². The number of hydrogen-bond donors (Lipinski definition) is 1. The number of allylic oxidation sites excluding steroid dienone is 1. The Balaban J connectivity index is 2.38. The Morgan fingerprint density at radius 1 is 1.38 bits per heavy atom. The predicted molar refractivity (Wildman–Crippen MR) is 104 cm³/mol. The quantitative estimate of drug-likeness (QED) is 0.581. The van der Waals surface area contributed by atoms with Gasteiger partial charge in [-0.3, -0.25) is 0 Å². The maximum Gasteiger partial charge on any atom is 0.337 e. The van der Waals surface area contributed by atoms with Gasteiger partial charge in [0.25, 0.3) is 0 Å². The summed E-state index contributed by atoms with van der Waals surface area (Å²) in [5.74, 6) is -0.805. The van der Waals surface area contributed by atoms with E-state index in [-0.39, 0.29) is 5.82 Å². The van der Waals surface area contributed by atoms with Gasteiger partial charge in [-0.2, -0.15) is 0 Å². The highest BCUT2D eigenvalue weighted by Crippen LogP contribution is 2.31. The predicted octanol–water partition coefficient (Wildman–Crippen LogP) is 2.85. The molecule has 0 aliphatic carbocycles. The minimum atomic E-state index is -0.532. The summed E-state index contributed by atoms with van der Waals surface area (Å²) in [6.45, 7) is 9.46. The third-order valence-electron chi connectivity index (χ3n) is 4.72. The van der Waals surface area contributed by atoms with E-state index in [1.54, 1.807) is 12.1 Å². The molecule has 1 aliphatic rings. The Bertz CT molecular complexity index is 704. The van der Waals surface area contributed by atoms with E-state index in [1.165, 1.54) is 19.2 Å². The van der Waals surface area contributed by atoms with E-state index in [0.717, 1.165) is 25.3 Å². The number of methoxy groups -OCH3 is 1. The van der Waals surface area contributed by atoms with E-state index in [4.69, 9.17) is 17.0 Å². The van der Waals surface area contributed by atoms with Gasteiger partial charge in [-0.25, -0.2) is 9.18 Å². The Morgan fingerprint density at radius 3 is 2.65 bits per heavy atom. The Kier molecular flexibility index (Phi) is 7.11. The zero-order chi connectivity index (χ0) is 19.3. The van der Waals surface area contributed by atoms with E-state index in [1.807, 2.05) is 11.8 Å². The zero-order valence-corrected chi connectivity index (χ0v) is 16.5. The smallest absolute Gasteiger partial charge is 0.337 e. The molecule has 1 atom stereocenters. The van der Waals surface area contributed by atoms with Crippen molar-refractivity contribution in [2.24, 2.45) is 0 Å². The minimum absolute atomic E-state index is 0.360. The summed E-state index contributed by atoms with van der Waals surface area (Å²) in [7, 11) is 1.35. The molecule has 1 heterocycles. The van der Waals surface area contributed by atoms with Gasteiger partial charge >= 0.3 is 5.97 Å². The number of ether oxygens (including phenoxy) is 1. The number of carbonyl (C=O) groups is 1. The fourth-order valence-electron chi connectivity index (χ4n) is 3.14. The molecule has 1 N–H and O–H groups in total. The topological polar surface area (TPSA) is 44.8 Å². The molecule has 0 fully saturated rings. The number of nitrogens with one attached hydrogen (secondary N) is 1. The van der Waals surface area contributed by atoms with Gasteiger partial charge in [-0.15, -0.1) is 0 Å². The van der Waals surface area contributed by atoms with Gasteiger partial charge < -0.3 is 19.9 Å². The van der Waals surface area contributed by atoms with Crippen LogP contribution in [-0.4, -0.2) is 54.2 Å². The highest BCUT2D eigenvalue weighted by atomic mass is 32.1. The fraction of sp³-hybridized carbons (Fsp3) is 0.474. The van der Waals surface area contributed by atoms with Gasteiger partial charge in [0.05, 0.1) is 18.7 Å². The summed E-state index contributed by atoms with van der Waals surface area (Å²) in [6, 6.07) is 5.63. The SMILES string of the molecule is CCN(CC)CCN1C(=S)N[C@H](c2cccc(F)c2)C(C(=O)OC)=C1C. The number of nitrogens with zero attached hydrogens (tertiary/aromatic N) is 2. The molecule has 0 spiro atoms. The van der Waals surface area contributed by atoms with E-state index in [9.17, 15) is 9.18 Å². The van der Waals surface area contributed by atoms with Gasteiger partial charge in [-0.05, 0) is 49.9 Å². The second-order valence-electron chi connectivity index (χ2n) is 6.11. The average molecular weight is 380 g/mol. The van der Waals surface area contributed by atoms with Crippen molar-refractivity contribution in [3.8, 4) is 0 Å². The molecule has 0 bridgehead atoms. The lowest BCUT2D eigenvalue weighted by molar-refractivity contribution is -0.136. The number of carbonyl (C=O) groups excluding carboxylic acids is 1. The van der Waals surface area contributed by atoms with E-state index < -0.39 is 12.0 Å². The van der Waals surface area contributed by atoms with Crippen LogP contribution in [0, 0.1) is 5.82 Å². The summed E-state index contributed by atoms with van der Waals surface area (Å²) in [4.78, 5) is 16.7. The van der Waals surface area contributed by atoms with Crippen molar-refractivity contribution in [2.45, 2.75) is 26.8 Å². The molecule has 0 unspecified atom stereocenters. The van der Waals surface area contributed by atoms with Crippen molar-refractivity contribution in [3.63, 3.8) is 0 Å². The molecule has 0 aromatic heterocycles. The lowest BCUT2D eigenvalue weighted by Crippen LogP contribution is -2.49. The molecule has 5 nitrogen and oxygen atoms in total. The van der Waals surface area contributed by atoms with Crippen LogP contribution in [0.15, 0.2) is 35.5 Å². The molecule has 7 heteroatoms. The minimum Gasteiger partial charge on any atom is -0.466 e. The van der Waals surface area contributed by atoms with Gasteiger partial charge in [0.2, 0.25) is 0 Å². The summed E-state index contributed by atoms with van der Waals surface area (Å²) < 4.78 is 18.7. The van der Waals surface area contributed by atoms with Crippen molar-refractivity contribution < 1.29 is 13.9 Å². The molecule has 1 aliphatic heterocycles. The number of benzene rings is 1. The fourth-order valence-corrected chi connectivity index (χ4v) is 3.49. The first kappa shape index (κ1) is 20.3. The normalized spacial score (nSPS) is 17.5. The summed E-state index contributed by atoms with van der Waals surface area (Å²) in [5.41, 5.74) is 1.82. The van der Waals surface area contributed by atoms with Crippen LogP contribution in [0.4, 0.5) is 4.39 Å². The molecule has 26 heavy (non-hydrogen) atoms. The summed E-state index contributed by atoms with van der Waals surface area (Å²) in [5, 5.41) is 3.70. The molecule has 1 aromatic carbocycles. The number of esters is 1. The van der Waals surface area contributed by atoms with Crippen LogP contribution in [0.5, 0.6) is 0 Å². The number of likely N-dealkylation sites (N-methyl/N-ethyl adjacent to an activating group) is 1. The maximum atomic E-state index is 13.7. The van der Waals surface area contributed by atoms with Gasteiger partial charge in [0.15, 0.2) is 5.11 Å². The first-order valence-corrected chi connectivity index (χ1v) is 9.18. The number of hydrogen-bond acceptors (Lipinski definition) is 4. The highest BCUT2D eigenvalue weighted by molar-refractivity contribution is 7.80. The van der Waals surface area contributed by atoms with Crippen molar-refractivity contribution in [1.29, 1.82) is 0 Å². The third-order valence-corrected chi connectivity index (χ3v) is 5.06. The molecular formula is C19H26FN3O2S. The molecule has 142 valence electrons. The van der Waals surface area contributed by atoms with Crippen LogP contribution < -0.4 is 5.32 Å². The monoisotopic (exact) mass is 379 g/mol. The van der Waals surface area contributed by atoms with E-state index >= 15 is 0 Å². The van der Waals surface area contributed by atoms with Crippen molar-refractivity contribution in [1.82, 2.24) is 15.1 Å². The van der Waals surface area contributed by atoms with Crippen LogP contribution in [0.1, 0.15) is 32.4 Å². The first-order chi connectivity index (χ1) is 12.4.